The van der Waals surface area contributed by atoms with Gasteiger partial charge < -0.3 is 19.9 Å². The maximum Gasteiger partial charge on any atom is 0.165 e. The molecule has 1 atom stereocenters. The Morgan fingerprint density at radius 2 is 2.00 bits per heavy atom. The second-order valence-electron chi connectivity index (χ2n) is 6.21. The Morgan fingerprint density at radius 3 is 2.57 bits per heavy atom. The standard InChI is InChI=1S/C17H25NO3/c1-12(18)17(8-9-17)14-4-3-5-15(19-2)16(14)21-13-6-10-20-11-7-13/h3-5,12-13H,6-11,18H2,1-2H3. The normalized spacial score (nSPS) is 22.6. The molecule has 1 saturated heterocycles. The van der Waals surface area contributed by atoms with Gasteiger partial charge in [0.15, 0.2) is 11.5 Å². The van der Waals surface area contributed by atoms with Crippen molar-refractivity contribution in [3.8, 4) is 11.5 Å². The molecule has 4 nitrogen and oxygen atoms in total. The first kappa shape index (κ1) is 14.7. The van der Waals surface area contributed by atoms with E-state index in [2.05, 4.69) is 13.0 Å². The zero-order chi connectivity index (χ0) is 14.9. The van der Waals surface area contributed by atoms with Crippen LogP contribution in [0.3, 0.4) is 0 Å². The van der Waals surface area contributed by atoms with Gasteiger partial charge in [-0.3, -0.25) is 0 Å². The van der Waals surface area contributed by atoms with Crippen LogP contribution in [0.25, 0.3) is 0 Å². The molecule has 2 aliphatic rings. The molecule has 4 heteroatoms. The lowest BCUT2D eigenvalue weighted by molar-refractivity contribution is 0.0239. The van der Waals surface area contributed by atoms with Gasteiger partial charge in [-0.1, -0.05) is 12.1 Å². The van der Waals surface area contributed by atoms with Crippen molar-refractivity contribution in [2.45, 2.75) is 50.2 Å². The van der Waals surface area contributed by atoms with E-state index in [1.807, 2.05) is 12.1 Å². The number of nitrogens with two attached hydrogens (primary N) is 1. The van der Waals surface area contributed by atoms with Crippen molar-refractivity contribution in [1.82, 2.24) is 0 Å². The van der Waals surface area contributed by atoms with E-state index < -0.39 is 0 Å². The quantitative estimate of drug-likeness (QED) is 0.906. The minimum absolute atomic E-state index is 0.0645. The third-order valence-electron chi connectivity index (χ3n) is 4.85. The minimum Gasteiger partial charge on any atom is -0.493 e. The Morgan fingerprint density at radius 1 is 1.29 bits per heavy atom. The summed E-state index contributed by atoms with van der Waals surface area (Å²) in [4.78, 5) is 0. The zero-order valence-corrected chi connectivity index (χ0v) is 12.9. The highest BCUT2D eigenvalue weighted by Gasteiger charge is 2.49. The molecule has 0 spiro atoms. The Labute approximate surface area is 126 Å². The van der Waals surface area contributed by atoms with Crippen LogP contribution in [0.1, 0.15) is 38.2 Å². The summed E-state index contributed by atoms with van der Waals surface area (Å²) in [6, 6.07) is 6.28. The van der Waals surface area contributed by atoms with Crippen molar-refractivity contribution >= 4 is 0 Å². The third kappa shape index (κ3) is 2.74. The average molecular weight is 291 g/mol. The average Bonchev–Trinajstić information content (AvgIpc) is 3.30. The lowest BCUT2D eigenvalue weighted by Gasteiger charge is -2.29. The summed E-state index contributed by atoms with van der Waals surface area (Å²) in [5, 5.41) is 0. The molecular formula is C17H25NO3. The van der Waals surface area contributed by atoms with Crippen molar-refractivity contribution in [1.29, 1.82) is 0 Å². The van der Waals surface area contributed by atoms with Gasteiger partial charge in [0.2, 0.25) is 0 Å². The van der Waals surface area contributed by atoms with Crippen molar-refractivity contribution in [2.24, 2.45) is 5.73 Å². The van der Waals surface area contributed by atoms with E-state index in [0.717, 1.165) is 50.4 Å². The number of rotatable bonds is 5. The highest BCUT2D eigenvalue weighted by Crippen LogP contribution is 2.55. The van der Waals surface area contributed by atoms with Crippen LogP contribution in [0.15, 0.2) is 18.2 Å². The molecule has 2 N–H and O–H groups in total. The first-order chi connectivity index (χ1) is 10.2. The van der Waals surface area contributed by atoms with Gasteiger partial charge in [-0.25, -0.2) is 0 Å². The van der Waals surface area contributed by atoms with Gasteiger partial charge in [-0.15, -0.1) is 0 Å². The third-order valence-corrected chi connectivity index (χ3v) is 4.85. The van der Waals surface area contributed by atoms with Crippen molar-refractivity contribution in [3.63, 3.8) is 0 Å². The maximum absolute atomic E-state index is 6.32. The first-order valence-corrected chi connectivity index (χ1v) is 7.85. The molecule has 0 radical (unpaired) electrons. The molecule has 1 saturated carbocycles. The SMILES string of the molecule is COc1cccc(C2(C(C)N)CC2)c1OC1CCOCC1. The summed E-state index contributed by atoms with van der Waals surface area (Å²) in [5.74, 6) is 1.70. The Kier molecular flexibility index (Phi) is 4.09. The molecule has 0 aromatic heterocycles. The number of ether oxygens (including phenoxy) is 3. The van der Waals surface area contributed by atoms with Crippen LogP contribution in [0, 0.1) is 0 Å². The van der Waals surface area contributed by atoms with E-state index >= 15 is 0 Å². The van der Waals surface area contributed by atoms with Gasteiger partial charge >= 0.3 is 0 Å². The molecule has 1 aliphatic carbocycles. The smallest absolute Gasteiger partial charge is 0.165 e. The summed E-state index contributed by atoms with van der Waals surface area (Å²) in [7, 11) is 1.70. The summed E-state index contributed by atoms with van der Waals surface area (Å²) in [5.41, 5.74) is 7.52. The largest absolute Gasteiger partial charge is 0.493 e. The lowest BCUT2D eigenvalue weighted by atomic mass is 9.88. The molecule has 3 rings (SSSR count). The van der Waals surface area contributed by atoms with Crippen molar-refractivity contribution in [2.75, 3.05) is 20.3 Å². The van der Waals surface area contributed by atoms with Crippen LogP contribution < -0.4 is 15.2 Å². The number of benzene rings is 1. The Balaban J connectivity index is 1.92. The molecular weight excluding hydrogens is 266 g/mol. The second-order valence-corrected chi connectivity index (χ2v) is 6.21. The summed E-state index contributed by atoms with van der Waals surface area (Å²) in [6.07, 6.45) is 4.33. The van der Waals surface area contributed by atoms with Gasteiger partial charge in [0, 0.05) is 29.9 Å². The topological polar surface area (TPSA) is 53.7 Å². The van der Waals surface area contributed by atoms with Gasteiger partial charge in [-0.05, 0) is 25.8 Å². The fourth-order valence-electron chi connectivity index (χ4n) is 3.26. The predicted molar refractivity (Wildman–Crippen MR) is 82.0 cm³/mol. The van der Waals surface area contributed by atoms with Gasteiger partial charge in [0.25, 0.3) is 0 Å². The summed E-state index contributed by atoms with van der Waals surface area (Å²) < 4.78 is 17.3. The Hall–Kier alpha value is -1.26. The molecule has 116 valence electrons. The lowest BCUT2D eigenvalue weighted by Crippen LogP contribution is -2.33. The summed E-state index contributed by atoms with van der Waals surface area (Å²) in [6.45, 7) is 3.63. The van der Waals surface area contributed by atoms with E-state index in [0.29, 0.717) is 0 Å². The van der Waals surface area contributed by atoms with Crippen LogP contribution in [-0.2, 0) is 10.2 Å². The van der Waals surface area contributed by atoms with E-state index in [9.17, 15) is 0 Å². The summed E-state index contributed by atoms with van der Waals surface area (Å²) >= 11 is 0. The fraction of sp³-hybridized carbons (Fsp3) is 0.647. The highest BCUT2D eigenvalue weighted by atomic mass is 16.5. The van der Waals surface area contributed by atoms with E-state index in [4.69, 9.17) is 19.9 Å². The van der Waals surface area contributed by atoms with E-state index in [1.165, 1.54) is 5.56 Å². The Bertz CT molecular complexity index is 491. The molecule has 0 bridgehead atoms. The highest BCUT2D eigenvalue weighted by molar-refractivity contribution is 5.53. The number of hydrogen-bond acceptors (Lipinski definition) is 4. The zero-order valence-electron chi connectivity index (χ0n) is 12.9. The van der Waals surface area contributed by atoms with E-state index in [1.54, 1.807) is 7.11 Å². The number of para-hydroxylation sites is 1. The monoisotopic (exact) mass is 291 g/mol. The van der Waals surface area contributed by atoms with E-state index in [-0.39, 0.29) is 17.6 Å². The van der Waals surface area contributed by atoms with Crippen molar-refractivity contribution < 1.29 is 14.2 Å². The van der Waals surface area contributed by atoms with Crippen LogP contribution in [0.2, 0.25) is 0 Å². The molecule has 1 aliphatic heterocycles. The minimum atomic E-state index is 0.0645. The molecule has 1 aromatic carbocycles. The molecule has 1 unspecified atom stereocenters. The first-order valence-electron chi connectivity index (χ1n) is 7.85. The molecule has 21 heavy (non-hydrogen) atoms. The van der Waals surface area contributed by atoms with Gasteiger partial charge in [-0.2, -0.15) is 0 Å². The molecule has 1 heterocycles. The fourth-order valence-corrected chi connectivity index (χ4v) is 3.26. The van der Waals surface area contributed by atoms with Gasteiger partial charge in [0.1, 0.15) is 6.10 Å². The molecule has 0 amide bonds. The molecule has 2 fully saturated rings. The van der Waals surface area contributed by atoms with Crippen molar-refractivity contribution in [3.05, 3.63) is 23.8 Å². The predicted octanol–water partition coefficient (Wildman–Crippen LogP) is 2.63. The van der Waals surface area contributed by atoms with Crippen LogP contribution in [0.4, 0.5) is 0 Å². The molecule has 1 aromatic rings. The van der Waals surface area contributed by atoms with Crippen LogP contribution >= 0.6 is 0 Å². The van der Waals surface area contributed by atoms with Crippen LogP contribution in [0.5, 0.6) is 11.5 Å². The number of hydrogen-bond donors (Lipinski definition) is 1. The second kappa shape index (κ2) is 5.85. The van der Waals surface area contributed by atoms with Gasteiger partial charge in [0.05, 0.1) is 20.3 Å². The van der Waals surface area contributed by atoms with Crippen LogP contribution in [-0.4, -0.2) is 32.5 Å². The maximum atomic E-state index is 6.32. The number of methoxy groups -OCH3 is 1.